The van der Waals surface area contributed by atoms with E-state index in [-0.39, 0.29) is 6.04 Å². The van der Waals surface area contributed by atoms with E-state index >= 15 is 0 Å². The second kappa shape index (κ2) is 7.70. The quantitative estimate of drug-likeness (QED) is 0.901. The second-order valence-electron chi connectivity index (χ2n) is 6.38. The van der Waals surface area contributed by atoms with Crippen LogP contribution in [0.25, 0.3) is 0 Å². The highest BCUT2D eigenvalue weighted by molar-refractivity contribution is 5.70. The molecular formula is C19H20F2N2O2. The minimum absolute atomic E-state index is 0.351. The summed E-state index contributed by atoms with van der Waals surface area (Å²) in [6.45, 7) is 1.03. The van der Waals surface area contributed by atoms with E-state index in [0.717, 1.165) is 18.2 Å². The average molecular weight is 346 g/mol. The van der Waals surface area contributed by atoms with Crippen molar-refractivity contribution in [3.05, 3.63) is 65.5 Å². The molecule has 3 rings (SSSR count). The van der Waals surface area contributed by atoms with E-state index in [1.54, 1.807) is 12.3 Å². The van der Waals surface area contributed by atoms with E-state index in [1.807, 2.05) is 17.0 Å². The molecule has 1 N–H and O–H groups in total. The number of hydrogen-bond acceptors (Lipinski definition) is 3. The van der Waals surface area contributed by atoms with Gasteiger partial charge >= 0.3 is 5.97 Å². The third-order valence-electron chi connectivity index (χ3n) is 4.69. The van der Waals surface area contributed by atoms with E-state index in [4.69, 9.17) is 0 Å². The molecule has 2 atom stereocenters. The van der Waals surface area contributed by atoms with Gasteiger partial charge in [-0.05, 0) is 37.6 Å². The SMILES string of the molecule is O=C(O)C1CCCN(C(Cc2ccccn2)c2ccc(F)cc2F)C1. The molecule has 0 aliphatic carbocycles. The van der Waals surface area contributed by atoms with Gasteiger partial charge in [-0.1, -0.05) is 12.1 Å². The lowest BCUT2D eigenvalue weighted by Crippen LogP contribution is -2.42. The van der Waals surface area contributed by atoms with Gasteiger partial charge in [0.25, 0.3) is 0 Å². The van der Waals surface area contributed by atoms with Crippen molar-refractivity contribution < 1.29 is 18.7 Å². The maximum atomic E-state index is 14.4. The molecule has 1 aliphatic rings. The van der Waals surface area contributed by atoms with Crippen LogP contribution in [0.15, 0.2) is 42.6 Å². The monoisotopic (exact) mass is 346 g/mol. The van der Waals surface area contributed by atoms with Crippen molar-refractivity contribution >= 4 is 5.97 Å². The molecule has 1 fully saturated rings. The number of likely N-dealkylation sites (tertiary alicyclic amines) is 1. The highest BCUT2D eigenvalue weighted by atomic mass is 19.1. The van der Waals surface area contributed by atoms with Crippen molar-refractivity contribution in [1.29, 1.82) is 0 Å². The normalized spacial score (nSPS) is 19.5. The summed E-state index contributed by atoms with van der Waals surface area (Å²) in [4.78, 5) is 17.6. The number of aliphatic carboxylic acids is 1. The van der Waals surface area contributed by atoms with Crippen LogP contribution in [0.4, 0.5) is 8.78 Å². The van der Waals surface area contributed by atoms with Crippen molar-refractivity contribution in [3.8, 4) is 0 Å². The topological polar surface area (TPSA) is 53.4 Å². The van der Waals surface area contributed by atoms with E-state index in [0.29, 0.717) is 31.5 Å². The predicted molar refractivity (Wildman–Crippen MR) is 89.0 cm³/mol. The van der Waals surface area contributed by atoms with Gasteiger partial charge in [0.15, 0.2) is 0 Å². The molecular weight excluding hydrogens is 326 g/mol. The summed E-state index contributed by atoms with van der Waals surface area (Å²) >= 11 is 0. The fourth-order valence-electron chi connectivity index (χ4n) is 3.42. The third kappa shape index (κ3) is 4.20. The molecule has 0 saturated carbocycles. The lowest BCUT2D eigenvalue weighted by molar-refractivity contribution is -0.144. The summed E-state index contributed by atoms with van der Waals surface area (Å²) in [6.07, 6.45) is 3.46. The molecule has 2 heterocycles. The van der Waals surface area contributed by atoms with E-state index < -0.39 is 23.5 Å². The number of hydrogen-bond donors (Lipinski definition) is 1. The highest BCUT2D eigenvalue weighted by Gasteiger charge is 2.32. The molecule has 6 heteroatoms. The molecule has 1 aromatic carbocycles. The number of pyridine rings is 1. The minimum atomic E-state index is -0.833. The number of carboxylic acid groups (broad SMARTS) is 1. The van der Waals surface area contributed by atoms with Crippen molar-refractivity contribution in [1.82, 2.24) is 9.88 Å². The maximum Gasteiger partial charge on any atom is 0.307 e. The van der Waals surface area contributed by atoms with Gasteiger partial charge in [-0.2, -0.15) is 0 Å². The Bertz CT molecular complexity index is 739. The summed E-state index contributed by atoms with van der Waals surface area (Å²) in [5, 5.41) is 9.33. The number of nitrogens with zero attached hydrogens (tertiary/aromatic N) is 2. The fourth-order valence-corrected chi connectivity index (χ4v) is 3.42. The van der Waals surface area contributed by atoms with Gasteiger partial charge in [-0.15, -0.1) is 0 Å². The van der Waals surface area contributed by atoms with E-state index in [2.05, 4.69) is 4.98 Å². The minimum Gasteiger partial charge on any atom is -0.481 e. The predicted octanol–water partition coefficient (Wildman–Crippen LogP) is 3.44. The molecule has 0 radical (unpaired) electrons. The van der Waals surface area contributed by atoms with Crippen molar-refractivity contribution in [3.63, 3.8) is 0 Å². The number of carbonyl (C=O) groups is 1. The lowest BCUT2D eigenvalue weighted by atomic mass is 9.92. The standard InChI is InChI=1S/C19H20F2N2O2/c20-14-6-7-16(17(21)10-14)18(11-15-5-1-2-8-22-15)23-9-3-4-13(12-23)19(24)25/h1-2,5-8,10,13,18H,3-4,9,11-12H2,(H,24,25). The van der Waals surface area contributed by atoms with Gasteiger partial charge in [0.05, 0.1) is 5.92 Å². The van der Waals surface area contributed by atoms with Crippen molar-refractivity contribution in [2.24, 2.45) is 5.92 Å². The molecule has 2 unspecified atom stereocenters. The Morgan fingerprint density at radius 1 is 1.32 bits per heavy atom. The fraction of sp³-hybridized carbons (Fsp3) is 0.368. The van der Waals surface area contributed by atoms with Gasteiger partial charge < -0.3 is 5.11 Å². The lowest BCUT2D eigenvalue weighted by Gasteiger charge is -2.37. The molecule has 2 aromatic rings. The highest BCUT2D eigenvalue weighted by Crippen LogP contribution is 2.31. The van der Waals surface area contributed by atoms with Crippen molar-refractivity contribution in [2.45, 2.75) is 25.3 Å². The number of rotatable bonds is 5. The summed E-state index contributed by atoms with van der Waals surface area (Å²) in [7, 11) is 0. The Morgan fingerprint density at radius 3 is 2.84 bits per heavy atom. The Hall–Kier alpha value is -2.34. The first kappa shape index (κ1) is 17.5. The Kier molecular flexibility index (Phi) is 5.38. The third-order valence-corrected chi connectivity index (χ3v) is 4.69. The number of aromatic nitrogens is 1. The van der Waals surface area contributed by atoms with Crippen LogP contribution in [-0.4, -0.2) is 34.0 Å². The Balaban J connectivity index is 1.92. The summed E-state index contributed by atoms with van der Waals surface area (Å²) in [5.41, 5.74) is 1.16. The molecule has 0 amide bonds. The van der Waals surface area contributed by atoms with Crippen LogP contribution in [-0.2, 0) is 11.2 Å². The molecule has 1 aliphatic heterocycles. The van der Waals surface area contributed by atoms with Crippen LogP contribution in [0.3, 0.4) is 0 Å². The zero-order valence-corrected chi connectivity index (χ0v) is 13.7. The first-order valence-electron chi connectivity index (χ1n) is 8.36. The van der Waals surface area contributed by atoms with Crippen molar-refractivity contribution in [2.75, 3.05) is 13.1 Å². The second-order valence-corrected chi connectivity index (χ2v) is 6.38. The molecule has 0 spiro atoms. The Morgan fingerprint density at radius 2 is 2.16 bits per heavy atom. The van der Waals surface area contributed by atoms with Crippen LogP contribution < -0.4 is 0 Å². The van der Waals surface area contributed by atoms with Crippen LogP contribution in [0.1, 0.15) is 30.1 Å². The molecule has 1 saturated heterocycles. The smallest absolute Gasteiger partial charge is 0.307 e. The zero-order valence-electron chi connectivity index (χ0n) is 13.7. The number of piperidine rings is 1. The van der Waals surface area contributed by atoms with Gasteiger partial charge in [0, 0.05) is 42.5 Å². The van der Waals surface area contributed by atoms with Gasteiger partial charge in [0.1, 0.15) is 11.6 Å². The summed E-state index contributed by atoms with van der Waals surface area (Å²) in [6, 6.07) is 8.70. The average Bonchev–Trinajstić information content (AvgIpc) is 2.61. The molecule has 1 aromatic heterocycles. The largest absolute Gasteiger partial charge is 0.481 e. The van der Waals surface area contributed by atoms with Crippen LogP contribution >= 0.6 is 0 Å². The molecule has 25 heavy (non-hydrogen) atoms. The van der Waals surface area contributed by atoms with Gasteiger partial charge in [0.2, 0.25) is 0 Å². The first-order chi connectivity index (χ1) is 12.0. The van der Waals surface area contributed by atoms with E-state index in [1.165, 1.54) is 12.1 Å². The molecule has 0 bridgehead atoms. The Labute approximate surface area is 145 Å². The van der Waals surface area contributed by atoms with E-state index in [9.17, 15) is 18.7 Å². The summed E-state index contributed by atoms with van der Waals surface area (Å²) < 4.78 is 27.7. The van der Waals surface area contributed by atoms with Crippen LogP contribution in [0.5, 0.6) is 0 Å². The van der Waals surface area contributed by atoms with Gasteiger partial charge in [-0.3, -0.25) is 14.7 Å². The van der Waals surface area contributed by atoms with Crippen LogP contribution in [0.2, 0.25) is 0 Å². The number of carboxylic acids is 1. The molecule has 4 nitrogen and oxygen atoms in total. The number of benzene rings is 1. The maximum absolute atomic E-state index is 14.4. The molecule has 132 valence electrons. The van der Waals surface area contributed by atoms with Crippen LogP contribution in [0, 0.1) is 17.6 Å². The van der Waals surface area contributed by atoms with Gasteiger partial charge in [-0.25, -0.2) is 8.78 Å². The first-order valence-corrected chi connectivity index (χ1v) is 8.36. The zero-order chi connectivity index (χ0) is 17.8. The number of halogens is 2. The summed E-state index contributed by atoms with van der Waals surface area (Å²) in [5.74, 6) is -2.54.